The van der Waals surface area contributed by atoms with Crippen LogP contribution in [0.4, 0.5) is 13.2 Å². The Morgan fingerprint density at radius 1 is 1.04 bits per heavy atom. The van der Waals surface area contributed by atoms with Gasteiger partial charge in [0.1, 0.15) is 0 Å². The van der Waals surface area contributed by atoms with Crippen LogP contribution in [-0.4, -0.2) is 31.6 Å². The van der Waals surface area contributed by atoms with Crippen molar-refractivity contribution in [1.82, 2.24) is 4.31 Å². The molecule has 1 saturated heterocycles. The second-order valence-corrected chi connectivity index (χ2v) is 9.75. The Hall–Kier alpha value is -1.22. The van der Waals surface area contributed by atoms with Gasteiger partial charge in [-0.15, -0.1) is 0 Å². The van der Waals surface area contributed by atoms with Gasteiger partial charge in [0, 0.05) is 29.1 Å². The third kappa shape index (κ3) is 4.62. The molecule has 1 aliphatic rings. The van der Waals surface area contributed by atoms with Gasteiger partial charge in [0.25, 0.3) is 0 Å². The maximum absolute atomic E-state index is 12.8. The zero-order valence-electron chi connectivity index (χ0n) is 14.1. The van der Waals surface area contributed by atoms with Crippen LogP contribution in [0, 0.1) is 0 Å². The second-order valence-electron chi connectivity index (χ2n) is 6.10. The molecule has 0 aliphatic carbocycles. The van der Waals surface area contributed by atoms with Crippen molar-refractivity contribution in [3.05, 3.63) is 64.7 Å². The van der Waals surface area contributed by atoms with Gasteiger partial charge >= 0.3 is 6.18 Å². The van der Waals surface area contributed by atoms with Gasteiger partial charge in [-0.05, 0) is 42.3 Å². The Balaban J connectivity index is 1.77. The van der Waals surface area contributed by atoms with Crippen molar-refractivity contribution in [2.75, 3.05) is 18.8 Å². The van der Waals surface area contributed by atoms with E-state index in [1.807, 2.05) is 18.2 Å². The predicted octanol–water partition coefficient (Wildman–Crippen LogP) is 5.23. The molecule has 0 aromatic heterocycles. The molecule has 1 fully saturated rings. The van der Waals surface area contributed by atoms with Crippen molar-refractivity contribution >= 4 is 33.4 Å². The highest BCUT2D eigenvalue weighted by molar-refractivity contribution is 7.99. The molecule has 0 N–H and O–H groups in total. The number of benzene rings is 2. The largest absolute Gasteiger partial charge is 0.416 e. The predicted molar refractivity (Wildman–Crippen MR) is 101 cm³/mol. The van der Waals surface area contributed by atoms with Crippen molar-refractivity contribution in [2.24, 2.45) is 0 Å². The van der Waals surface area contributed by atoms with Crippen LogP contribution in [0.15, 0.2) is 53.4 Å². The fourth-order valence-electron chi connectivity index (χ4n) is 2.94. The summed E-state index contributed by atoms with van der Waals surface area (Å²) in [5, 5.41) is 0.723. The molecule has 1 unspecified atom stereocenters. The van der Waals surface area contributed by atoms with Crippen molar-refractivity contribution < 1.29 is 21.6 Å². The van der Waals surface area contributed by atoms with Gasteiger partial charge in [-0.25, -0.2) is 8.42 Å². The first-order valence-electron chi connectivity index (χ1n) is 8.23. The van der Waals surface area contributed by atoms with E-state index >= 15 is 0 Å². The number of rotatable bonds is 3. The monoisotopic (exact) mass is 435 g/mol. The zero-order valence-corrected chi connectivity index (χ0v) is 16.5. The van der Waals surface area contributed by atoms with Crippen LogP contribution in [0.3, 0.4) is 0 Å². The number of hydrogen-bond donors (Lipinski definition) is 0. The molecule has 0 radical (unpaired) electrons. The first-order valence-corrected chi connectivity index (χ1v) is 11.1. The Bertz CT molecular complexity index is 902. The average molecular weight is 436 g/mol. The van der Waals surface area contributed by atoms with E-state index in [0.29, 0.717) is 23.7 Å². The minimum atomic E-state index is -4.50. The lowest BCUT2D eigenvalue weighted by molar-refractivity contribution is -0.137. The van der Waals surface area contributed by atoms with Crippen LogP contribution >= 0.6 is 23.4 Å². The number of thioether (sulfide) groups is 1. The van der Waals surface area contributed by atoms with Crippen molar-refractivity contribution in [2.45, 2.75) is 22.7 Å². The summed E-state index contributed by atoms with van der Waals surface area (Å²) in [6.45, 7) is 0.585. The van der Waals surface area contributed by atoms with Crippen molar-refractivity contribution in [3.63, 3.8) is 0 Å². The van der Waals surface area contributed by atoms with Gasteiger partial charge in [-0.1, -0.05) is 29.8 Å². The standard InChI is InChI=1S/C18H17ClF3NO2S2/c19-16-4-2-1-3-15(16)17-9-10-23(11-12-26-17)27(24,25)14-7-5-13(6-8-14)18(20,21)22/h1-8,17H,9-12H2. The molecule has 0 bridgehead atoms. The maximum Gasteiger partial charge on any atom is 0.416 e. The molecule has 0 spiro atoms. The van der Waals surface area contributed by atoms with Crippen LogP contribution in [-0.2, 0) is 16.2 Å². The first-order chi connectivity index (χ1) is 12.7. The molecule has 2 aromatic rings. The fraction of sp³-hybridized carbons (Fsp3) is 0.333. The molecular weight excluding hydrogens is 419 g/mol. The van der Waals surface area contributed by atoms with Gasteiger partial charge in [-0.3, -0.25) is 0 Å². The fourth-order valence-corrected chi connectivity index (χ4v) is 6.11. The van der Waals surface area contributed by atoms with Crippen LogP contribution in [0.2, 0.25) is 5.02 Å². The van der Waals surface area contributed by atoms with Crippen LogP contribution in [0.5, 0.6) is 0 Å². The van der Waals surface area contributed by atoms with Gasteiger partial charge in [0.15, 0.2) is 0 Å². The Morgan fingerprint density at radius 2 is 1.70 bits per heavy atom. The number of halogens is 4. The second kappa shape index (κ2) is 8.03. The highest BCUT2D eigenvalue weighted by Gasteiger charge is 2.32. The molecule has 9 heteroatoms. The summed E-state index contributed by atoms with van der Waals surface area (Å²) in [6.07, 6.45) is -3.92. The third-order valence-electron chi connectivity index (χ3n) is 4.37. The van der Waals surface area contributed by atoms with E-state index in [-0.39, 0.29) is 16.7 Å². The lowest BCUT2D eigenvalue weighted by atomic mass is 10.1. The minimum absolute atomic E-state index is 0.0755. The first kappa shape index (κ1) is 20.5. The molecule has 1 atom stereocenters. The minimum Gasteiger partial charge on any atom is -0.207 e. The van der Waals surface area contributed by atoms with E-state index in [1.54, 1.807) is 17.8 Å². The van der Waals surface area contributed by atoms with Gasteiger partial charge in [-0.2, -0.15) is 29.2 Å². The quantitative estimate of drug-likeness (QED) is 0.662. The summed E-state index contributed by atoms with van der Waals surface area (Å²) in [4.78, 5) is -0.128. The number of sulfonamides is 1. The topological polar surface area (TPSA) is 37.4 Å². The molecule has 0 amide bonds. The summed E-state index contributed by atoms with van der Waals surface area (Å²) in [5.41, 5.74) is 0.101. The van der Waals surface area contributed by atoms with E-state index in [0.717, 1.165) is 29.8 Å². The van der Waals surface area contributed by atoms with Gasteiger partial charge in [0.05, 0.1) is 10.5 Å². The molecular formula is C18H17ClF3NO2S2. The summed E-state index contributed by atoms with van der Waals surface area (Å²) in [5.74, 6) is 0.579. The summed E-state index contributed by atoms with van der Waals surface area (Å²) >= 11 is 7.88. The van der Waals surface area contributed by atoms with Crippen molar-refractivity contribution in [3.8, 4) is 0 Å². The third-order valence-corrected chi connectivity index (χ3v) is 7.94. The Labute approximate surface area is 165 Å². The smallest absolute Gasteiger partial charge is 0.207 e. The highest BCUT2D eigenvalue weighted by Crippen LogP contribution is 2.38. The van der Waals surface area contributed by atoms with Gasteiger partial charge in [0.2, 0.25) is 10.0 Å². The molecule has 0 saturated carbocycles. The van der Waals surface area contributed by atoms with E-state index in [1.165, 1.54) is 4.31 Å². The number of nitrogens with zero attached hydrogens (tertiary/aromatic N) is 1. The van der Waals surface area contributed by atoms with Crippen LogP contribution in [0.25, 0.3) is 0 Å². The number of alkyl halides is 3. The van der Waals surface area contributed by atoms with E-state index in [9.17, 15) is 21.6 Å². The highest BCUT2D eigenvalue weighted by atomic mass is 35.5. The Kier molecular flexibility index (Phi) is 6.10. The molecule has 2 aromatic carbocycles. The van der Waals surface area contributed by atoms with E-state index in [2.05, 4.69) is 0 Å². The zero-order chi connectivity index (χ0) is 19.7. The maximum atomic E-state index is 12.8. The summed E-state index contributed by atoms with van der Waals surface area (Å²) in [7, 11) is -3.84. The van der Waals surface area contributed by atoms with Gasteiger partial charge < -0.3 is 0 Å². The molecule has 3 rings (SSSR count). The van der Waals surface area contributed by atoms with Crippen LogP contribution < -0.4 is 0 Å². The van der Waals surface area contributed by atoms with Crippen molar-refractivity contribution in [1.29, 1.82) is 0 Å². The lowest BCUT2D eigenvalue weighted by Crippen LogP contribution is -2.33. The molecule has 27 heavy (non-hydrogen) atoms. The Morgan fingerprint density at radius 3 is 2.33 bits per heavy atom. The average Bonchev–Trinajstić information content (AvgIpc) is 2.88. The van der Waals surface area contributed by atoms with E-state index in [4.69, 9.17) is 11.6 Å². The van der Waals surface area contributed by atoms with Crippen LogP contribution in [0.1, 0.15) is 22.8 Å². The summed E-state index contributed by atoms with van der Waals surface area (Å²) in [6, 6.07) is 11.1. The normalized spacial score (nSPS) is 19.6. The SMILES string of the molecule is O=S(=O)(c1ccc(C(F)(F)F)cc1)N1CCSC(c2ccccc2Cl)CC1. The summed E-state index contributed by atoms with van der Waals surface area (Å²) < 4.78 is 65.0. The lowest BCUT2D eigenvalue weighted by Gasteiger charge is -2.20. The molecule has 1 heterocycles. The molecule has 3 nitrogen and oxygen atoms in total. The van der Waals surface area contributed by atoms with E-state index < -0.39 is 21.8 Å². The molecule has 1 aliphatic heterocycles. The molecule has 146 valence electrons. The number of hydrogen-bond acceptors (Lipinski definition) is 3.